The minimum Gasteiger partial charge on any atom is -0.436 e. The van der Waals surface area contributed by atoms with Crippen LogP contribution in [-0.4, -0.2) is 10.9 Å². The van der Waals surface area contributed by atoms with Gasteiger partial charge in [0.05, 0.1) is 5.56 Å². The van der Waals surface area contributed by atoms with Gasteiger partial charge in [0, 0.05) is 14.8 Å². The van der Waals surface area contributed by atoms with Crippen molar-refractivity contribution in [2.75, 3.05) is 5.32 Å². The second kappa shape index (κ2) is 6.92. The number of halogens is 1. The van der Waals surface area contributed by atoms with Gasteiger partial charge >= 0.3 is 0 Å². The van der Waals surface area contributed by atoms with E-state index in [2.05, 4.69) is 32.9 Å². The first-order valence-electron chi connectivity index (χ1n) is 8.14. The molecule has 0 spiro atoms. The van der Waals surface area contributed by atoms with Crippen LogP contribution in [0.5, 0.6) is 0 Å². The molecule has 0 aliphatic rings. The number of aryl methyl sites for hydroxylation is 1. The number of nitrogens with one attached hydrogen (secondary N) is 1. The van der Waals surface area contributed by atoms with E-state index in [0.717, 1.165) is 14.7 Å². The Morgan fingerprint density at radius 3 is 2.62 bits per heavy atom. The van der Waals surface area contributed by atoms with Crippen LogP contribution in [0.1, 0.15) is 15.9 Å². The normalized spacial score (nSPS) is 10.8. The average molecular weight is 454 g/mol. The fraction of sp³-hybridized carbons (Fsp3) is 0.0476. The number of oxazole rings is 1. The van der Waals surface area contributed by atoms with E-state index < -0.39 is 0 Å². The third-order valence-corrected chi connectivity index (χ3v) is 5.08. The van der Waals surface area contributed by atoms with E-state index in [-0.39, 0.29) is 5.91 Å². The number of carbonyl (C=O) groups excluding carboxylic acids is 1. The highest BCUT2D eigenvalue weighted by Gasteiger charge is 2.13. The van der Waals surface area contributed by atoms with Gasteiger partial charge in [0.15, 0.2) is 5.58 Å². The van der Waals surface area contributed by atoms with Crippen molar-refractivity contribution in [1.29, 1.82) is 0 Å². The first-order valence-corrected chi connectivity index (χ1v) is 9.22. The zero-order valence-corrected chi connectivity index (χ0v) is 16.2. The van der Waals surface area contributed by atoms with E-state index in [4.69, 9.17) is 4.42 Å². The molecule has 0 saturated carbocycles. The Morgan fingerprint density at radius 2 is 1.81 bits per heavy atom. The van der Waals surface area contributed by atoms with Gasteiger partial charge in [0.1, 0.15) is 5.52 Å². The molecule has 1 N–H and O–H groups in total. The topological polar surface area (TPSA) is 55.1 Å². The molecule has 0 bridgehead atoms. The number of hydrogen-bond donors (Lipinski definition) is 1. The Kier molecular flexibility index (Phi) is 4.46. The highest BCUT2D eigenvalue weighted by molar-refractivity contribution is 14.1. The smallest absolute Gasteiger partial charge is 0.256 e. The van der Waals surface area contributed by atoms with E-state index in [1.54, 1.807) is 0 Å². The fourth-order valence-electron chi connectivity index (χ4n) is 2.78. The van der Waals surface area contributed by atoms with Crippen LogP contribution >= 0.6 is 22.6 Å². The van der Waals surface area contributed by atoms with E-state index in [1.807, 2.05) is 73.7 Å². The van der Waals surface area contributed by atoms with Crippen molar-refractivity contribution in [2.45, 2.75) is 6.92 Å². The molecule has 0 fully saturated rings. The summed E-state index contributed by atoms with van der Waals surface area (Å²) in [6.07, 6.45) is 0. The van der Waals surface area contributed by atoms with Crippen molar-refractivity contribution in [2.24, 2.45) is 0 Å². The molecule has 0 unspecified atom stereocenters. The van der Waals surface area contributed by atoms with Gasteiger partial charge in [-0.3, -0.25) is 4.79 Å². The predicted octanol–water partition coefficient (Wildman–Crippen LogP) is 5.66. The predicted molar refractivity (Wildman–Crippen MR) is 111 cm³/mol. The van der Waals surface area contributed by atoms with Crippen LogP contribution < -0.4 is 5.32 Å². The van der Waals surface area contributed by atoms with Crippen molar-refractivity contribution in [3.8, 4) is 11.5 Å². The van der Waals surface area contributed by atoms with Crippen LogP contribution in [-0.2, 0) is 0 Å². The molecule has 4 rings (SSSR count). The zero-order chi connectivity index (χ0) is 18.1. The second-order valence-electron chi connectivity index (χ2n) is 5.95. The molecule has 3 aromatic carbocycles. The van der Waals surface area contributed by atoms with Gasteiger partial charge in [-0.1, -0.05) is 30.3 Å². The number of amides is 1. The van der Waals surface area contributed by atoms with Crippen molar-refractivity contribution in [1.82, 2.24) is 4.98 Å². The van der Waals surface area contributed by atoms with Crippen LogP contribution in [0, 0.1) is 10.5 Å². The number of fused-ring (bicyclic) bond motifs is 1. The Balaban J connectivity index is 1.65. The first kappa shape index (κ1) is 16.8. The SMILES string of the molecule is Cc1ccccc1-c1nc2cc(NC(=O)c3ccccc3I)ccc2o1. The molecule has 4 nitrogen and oxygen atoms in total. The van der Waals surface area contributed by atoms with Gasteiger partial charge in [0.2, 0.25) is 5.89 Å². The second-order valence-corrected chi connectivity index (χ2v) is 7.11. The molecule has 1 heterocycles. The van der Waals surface area contributed by atoms with Gasteiger partial charge in [0.25, 0.3) is 5.91 Å². The maximum Gasteiger partial charge on any atom is 0.256 e. The molecule has 0 aliphatic carbocycles. The lowest BCUT2D eigenvalue weighted by atomic mass is 10.1. The van der Waals surface area contributed by atoms with Gasteiger partial charge in [-0.25, -0.2) is 4.98 Å². The number of anilines is 1. The minimum absolute atomic E-state index is 0.142. The molecule has 0 aliphatic heterocycles. The van der Waals surface area contributed by atoms with Crippen LogP contribution in [0.4, 0.5) is 5.69 Å². The van der Waals surface area contributed by atoms with Crippen molar-refractivity contribution < 1.29 is 9.21 Å². The zero-order valence-electron chi connectivity index (χ0n) is 14.0. The van der Waals surface area contributed by atoms with Gasteiger partial charge in [-0.05, 0) is 71.5 Å². The number of rotatable bonds is 3. The van der Waals surface area contributed by atoms with Crippen LogP contribution in [0.25, 0.3) is 22.6 Å². The summed E-state index contributed by atoms with van der Waals surface area (Å²) in [7, 11) is 0. The lowest BCUT2D eigenvalue weighted by Gasteiger charge is -2.06. The van der Waals surface area contributed by atoms with Crippen LogP contribution in [0.15, 0.2) is 71.1 Å². The molecule has 0 atom stereocenters. The molecular formula is C21H15IN2O2. The molecule has 0 radical (unpaired) electrons. The summed E-state index contributed by atoms with van der Waals surface area (Å²) in [5, 5.41) is 2.93. The summed E-state index contributed by atoms with van der Waals surface area (Å²) < 4.78 is 6.78. The summed E-state index contributed by atoms with van der Waals surface area (Å²) in [6, 6.07) is 20.9. The molecular weight excluding hydrogens is 439 g/mol. The van der Waals surface area contributed by atoms with Crippen LogP contribution in [0.2, 0.25) is 0 Å². The number of benzene rings is 3. The number of hydrogen-bond acceptors (Lipinski definition) is 3. The van der Waals surface area contributed by atoms with E-state index >= 15 is 0 Å². The maximum absolute atomic E-state index is 12.5. The molecule has 128 valence electrons. The van der Waals surface area contributed by atoms with Crippen molar-refractivity contribution >= 4 is 45.3 Å². The van der Waals surface area contributed by atoms with Crippen LogP contribution in [0.3, 0.4) is 0 Å². The molecule has 26 heavy (non-hydrogen) atoms. The van der Waals surface area contributed by atoms with E-state index in [9.17, 15) is 4.79 Å². The lowest BCUT2D eigenvalue weighted by Crippen LogP contribution is -2.13. The Labute approximate surface area is 164 Å². The summed E-state index contributed by atoms with van der Waals surface area (Å²) in [5.41, 5.74) is 4.81. The third kappa shape index (κ3) is 3.22. The summed E-state index contributed by atoms with van der Waals surface area (Å²) >= 11 is 2.16. The Morgan fingerprint density at radius 1 is 1.04 bits per heavy atom. The highest BCUT2D eigenvalue weighted by Crippen LogP contribution is 2.28. The molecule has 5 heteroatoms. The van der Waals surface area contributed by atoms with Crippen molar-refractivity contribution in [3.05, 3.63) is 81.4 Å². The highest BCUT2D eigenvalue weighted by atomic mass is 127. The summed E-state index contributed by atoms with van der Waals surface area (Å²) in [4.78, 5) is 17.1. The largest absolute Gasteiger partial charge is 0.436 e. The van der Waals surface area contributed by atoms with Gasteiger partial charge < -0.3 is 9.73 Å². The van der Waals surface area contributed by atoms with Gasteiger partial charge in [-0.15, -0.1) is 0 Å². The lowest BCUT2D eigenvalue weighted by molar-refractivity contribution is 0.102. The first-order chi connectivity index (χ1) is 12.6. The monoisotopic (exact) mass is 454 g/mol. The third-order valence-electron chi connectivity index (χ3n) is 4.14. The summed E-state index contributed by atoms with van der Waals surface area (Å²) in [5.74, 6) is 0.441. The van der Waals surface area contributed by atoms with E-state index in [0.29, 0.717) is 28.2 Å². The number of nitrogens with zero attached hydrogens (tertiary/aromatic N) is 1. The fourth-order valence-corrected chi connectivity index (χ4v) is 3.41. The average Bonchev–Trinajstić information content (AvgIpc) is 3.05. The standard InChI is InChI=1S/C21H15IN2O2/c1-13-6-2-3-7-15(13)21-24-18-12-14(10-11-19(18)26-21)23-20(25)16-8-4-5-9-17(16)22/h2-12H,1H3,(H,23,25). The molecule has 1 aromatic heterocycles. The number of carbonyl (C=O) groups is 1. The Bertz CT molecular complexity index is 1120. The molecule has 0 saturated heterocycles. The van der Waals surface area contributed by atoms with Gasteiger partial charge in [-0.2, -0.15) is 0 Å². The Hall–Kier alpha value is -2.67. The minimum atomic E-state index is -0.142. The molecule has 1 amide bonds. The van der Waals surface area contributed by atoms with Crippen molar-refractivity contribution in [3.63, 3.8) is 0 Å². The molecule has 4 aromatic rings. The number of aromatic nitrogens is 1. The maximum atomic E-state index is 12.5. The van der Waals surface area contributed by atoms with E-state index in [1.165, 1.54) is 0 Å². The quantitative estimate of drug-likeness (QED) is 0.407. The summed E-state index contributed by atoms with van der Waals surface area (Å²) in [6.45, 7) is 2.03.